The molecule has 0 aromatic heterocycles. The molecule has 0 spiro atoms. The van der Waals surface area contributed by atoms with Crippen molar-refractivity contribution in [2.75, 3.05) is 19.8 Å². The second-order valence-corrected chi connectivity index (χ2v) is 3.59. The SMILES string of the molecule is FC(F)(F)C(F)(F)COP1OCCO1. The van der Waals surface area contributed by atoms with Gasteiger partial charge >= 0.3 is 20.7 Å². The van der Waals surface area contributed by atoms with Crippen molar-refractivity contribution < 1.29 is 35.5 Å². The summed E-state index contributed by atoms with van der Waals surface area (Å²) in [7, 11) is -2.04. The molecule has 9 heteroatoms. The summed E-state index contributed by atoms with van der Waals surface area (Å²) in [5.41, 5.74) is 0. The van der Waals surface area contributed by atoms with Crippen LogP contribution in [0, 0.1) is 0 Å². The van der Waals surface area contributed by atoms with Crippen molar-refractivity contribution in [1.82, 2.24) is 0 Å². The van der Waals surface area contributed by atoms with Crippen LogP contribution in [0.15, 0.2) is 0 Å². The molecule has 0 amide bonds. The van der Waals surface area contributed by atoms with Crippen LogP contribution in [-0.4, -0.2) is 31.9 Å². The van der Waals surface area contributed by atoms with Crippen LogP contribution in [0.2, 0.25) is 0 Å². The molecule has 0 aromatic rings. The van der Waals surface area contributed by atoms with Crippen LogP contribution in [0.3, 0.4) is 0 Å². The van der Waals surface area contributed by atoms with Crippen LogP contribution in [0.5, 0.6) is 0 Å². The molecule has 0 N–H and O–H groups in total. The standard InChI is InChI=1S/C5H6F5O3P/c6-4(7,5(8,9)10)3-13-14-11-1-2-12-14/h1-3H2. The molecule has 0 radical (unpaired) electrons. The van der Waals surface area contributed by atoms with Crippen molar-refractivity contribution >= 4 is 8.60 Å². The molecular weight excluding hydrogens is 234 g/mol. The van der Waals surface area contributed by atoms with E-state index in [-0.39, 0.29) is 13.2 Å². The Morgan fingerprint density at radius 1 is 1.07 bits per heavy atom. The molecule has 0 saturated carbocycles. The van der Waals surface area contributed by atoms with Gasteiger partial charge in [0.25, 0.3) is 0 Å². The second kappa shape index (κ2) is 4.22. The lowest BCUT2D eigenvalue weighted by Crippen LogP contribution is -2.40. The number of alkyl halides is 5. The maximum absolute atomic E-state index is 12.2. The van der Waals surface area contributed by atoms with Crippen molar-refractivity contribution in [2.45, 2.75) is 12.1 Å². The van der Waals surface area contributed by atoms with Crippen molar-refractivity contribution in [3.05, 3.63) is 0 Å². The van der Waals surface area contributed by atoms with Crippen LogP contribution in [0.1, 0.15) is 0 Å². The minimum absolute atomic E-state index is 0.142. The maximum atomic E-state index is 12.2. The van der Waals surface area contributed by atoms with Gasteiger partial charge in [-0.05, 0) is 0 Å². The third-order valence-electron chi connectivity index (χ3n) is 1.24. The van der Waals surface area contributed by atoms with Crippen molar-refractivity contribution in [2.24, 2.45) is 0 Å². The first-order valence-corrected chi connectivity index (χ1v) is 4.56. The molecule has 3 nitrogen and oxygen atoms in total. The first-order valence-electron chi connectivity index (χ1n) is 3.46. The fourth-order valence-corrected chi connectivity index (χ4v) is 1.49. The molecule has 1 fully saturated rings. The number of hydrogen-bond donors (Lipinski definition) is 0. The van der Waals surface area contributed by atoms with Gasteiger partial charge in [-0.2, -0.15) is 22.0 Å². The molecule has 0 aliphatic carbocycles. The van der Waals surface area contributed by atoms with Crippen molar-refractivity contribution in [1.29, 1.82) is 0 Å². The van der Waals surface area contributed by atoms with Gasteiger partial charge in [-0.3, -0.25) is 0 Å². The number of hydrogen-bond acceptors (Lipinski definition) is 3. The average Bonchev–Trinajstić information content (AvgIpc) is 2.50. The zero-order valence-electron chi connectivity index (χ0n) is 6.68. The average molecular weight is 240 g/mol. The molecule has 1 saturated heterocycles. The van der Waals surface area contributed by atoms with E-state index in [0.717, 1.165) is 0 Å². The minimum atomic E-state index is -5.61. The van der Waals surface area contributed by atoms with E-state index in [9.17, 15) is 22.0 Å². The van der Waals surface area contributed by atoms with E-state index in [4.69, 9.17) is 0 Å². The fourth-order valence-electron chi connectivity index (χ4n) is 0.551. The largest absolute Gasteiger partial charge is 0.455 e. The Balaban J connectivity index is 2.35. The lowest BCUT2D eigenvalue weighted by atomic mass is 10.3. The molecule has 1 rings (SSSR count). The Kier molecular flexibility index (Phi) is 3.63. The first-order chi connectivity index (χ1) is 6.33. The third-order valence-corrected chi connectivity index (χ3v) is 2.37. The monoisotopic (exact) mass is 240 g/mol. The molecule has 1 aliphatic heterocycles. The lowest BCUT2D eigenvalue weighted by Gasteiger charge is -2.19. The highest BCUT2D eigenvalue weighted by Crippen LogP contribution is 2.46. The van der Waals surface area contributed by atoms with Crippen LogP contribution < -0.4 is 0 Å². The van der Waals surface area contributed by atoms with Gasteiger partial charge in [0.2, 0.25) is 0 Å². The summed E-state index contributed by atoms with van der Waals surface area (Å²) >= 11 is 0. The van der Waals surface area contributed by atoms with E-state index in [1.165, 1.54) is 0 Å². The Bertz CT molecular complexity index is 190. The van der Waals surface area contributed by atoms with Gasteiger partial charge < -0.3 is 13.6 Å². The fraction of sp³-hybridized carbons (Fsp3) is 1.00. The Hall–Kier alpha value is -0.0400. The summed E-state index contributed by atoms with van der Waals surface area (Å²) in [6.45, 7) is -1.49. The summed E-state index contributed by atoms with van der Waals surface area (Å²) in [6, 6.07) is 0. The number of halogens is 5. The second-order valence-electron chi connectivity index (χ2n) is 2.37. The van der Waals surface area contributed by atoms with Gasteiger partial charge in [-0.1, -0.05) is 0 Å². The minimum Gasteiger partial charge on any atom is -0.310 e. The van der Waals surface area contributed by atoms with E-state index in [1.807, 2.05) is 0 Å². The normalized spacial score (nSPS) is 20.4. The van der Waals surface area contributed by atoms with Crippen molar-refractivity contribution in [3.63, 3.8) is 0 Å². The summed E-state index contributed by atoms with van der Waals surface area (Å²) in [5.74, 6) is -4.87. The van der Waals surface area contributed by atoms with Gasteiger partial charge in [0.15, 0.2) is 0 Å². The summed E-state index contributed by atoms with van der Waals surface area (Å²) in [5, 5.41) is 0. The topological polar surface area (TPSA) is 27.7 Å². The molecule has 0 bridgehead atoms. The predicted molar refractivity (Wildman–Crippen MR) is 35.8 cm³/mol. The molecule has 84 valence electrons. The quantitative estimate of drug-likeness (QED) is 0.560. The molecule has 1 aliphatic rings. The summed E-state index contributed by atoms with van der Waals surface area (Å²) in [4.78, 5) is 0. The van der Waals surface area contributed by atoms with E-state index < -0.39 is 27.3 Å². The van der Waals surface area contributed by atoms with E-state index in [1.54, 1.807) is 0 Å². The Morgan fingerprint density at radius 3 is 2.00 bits per heavy atom. The zero-order chi connectivity index (χ0) is 10.8. The lowest BCUT2D eigenvalue weighted by molar-refractivity contribution is -0.290. The highest BCUT2D eigenvalue weighted by molar-refractivity contribution is 7.41. The first kappa shape index (κ1) is 12.0. The van der Waals surface area contributed by atoms with Gasteiger partial charge in [-0.25, -0.2) is 0 Å². The van der Waals surface area contributed by atoms with Gasteiger partial charge in [0.1, 0.15) is 6.61 Å². The smallest absolute Gasteiger partial charge is 0.310 e. The zero-order valence-corrected chi connectivity index (χ0v) is 7.58. The Labute approximate surface area is 77.1 Å². The van der Waals surface area contributed by atoms with Gasteiger partial charge in [-0.15, -0.1) is 0 Å². The van der Waals surface area contributed by atoms with E-state index in [2.05, 4.69) is 13.6 Å². The van der Waals surface area contributed by atoms with Crippen LogP contribution >= 0.6 is 8.60 Å². The molecule has 1 heterocycles. The maximum Gasteiger partial charge on any atom is 0.455 e. The molecule has 14 heavy (non-hydrogen) atoms. The van der Waals surface area contributed by atoms with Crippen LogP contribution in [0.4, 0.5) is 22.0 Å². The van der Waals surface area contributed by atoms with Gasteiger partial charge in [0, 0.05) is 0 Å². The molecular formula is C5H6F5O3P. The molecule has 0 atom stereocenters. The third kappa shape index (κ3) is 2.98. The number of rotatable bonds is 3. The van der Waals surface area contributed by atoms with E-state index in [0.29, 0.717) is 0 Å². The van der Waals surface area contributed by atoms with Crippen LogP contribution in [0.25, 0.3) is 0 Å². The summed E-state index contributed by atoms with van der Waals surface area (Å²) in [6.07, 6.45) is -5.61. The highest BCUT2D eigenvalue weighted by atomic mass is 31.2. The summed E-state index contributed by atoms with van der Waals surface area (Å²) < 4.78 is 72.6. The van der Waals surface area contributed by atoms with Gasteiger partial charge in [0.05, 0.1) is 13.2 Å². The van der Waals surface area contributed by atoms with Crippen molar-refractivity contribution in [3.8, 4) is 0 Å². The predicted octanol–water partition coefficient (Wildman–Crippen LogP) is 2.47. The van der Waals surface area contributed by atoms with E-state index >= 15 is 0 Å². The highest BCUT2D eigenvalue weighted by Gasteiger charge is 2.58. The molecule has 0 unspecified atom stereocenters. The Morgan fingerprint density at radius 2 is 1.57 bits per heavy atom. The van der Waals surface area contributed by atoms with Crippen LogP contribution in [-0.2, 0) is 13.6 Å². The molecule has 0 aromatic carbocycles.